The summed E-state index contributed by atoms with van der Waals surface area (Å²) in [7, 11) is 5.27. The maximum atomic E-state index is 11.2. The predicted octanol–water partition coefficient (Wildman–Crippen LogP) is 2.37. The molecule has 0 unspecified atom stereocenters. The van der Waals surface area contributed by atoms with Crippen LogP contribution in [0.4, 0.5) is 5.69 Å². The molecule has 0 heterocycles. The summed E-state index contributed by atoms with van der Waals surface area (Å²) in [5, 5.41) is 21.2. The van der Waals surface area contributed by atoms with Gasteiger partial charge < -0.3 is 24.1 Å². The zero-order valence-electron chi connectivity index (χ0n) is 11.3. The highest BCUT2D eigenvalue weighted by molar-refractivity contribution is 9.10. The van der Waals surface area contributed by atoms with Crippen LogP contribution in [0, 0.1) is 10.1 Å². The van der Waals surface area contributed by atoms with E-state index in [0.717, 1.165) is 0 Å². The van der Waals surface area contributed by atoms with Crippen molar-refractivity contribution in [3.63, 3.8) is 0 Å². The van der Waals surface area contributed by atoms with Gasteiger partial charge in [-0.05, 0) is 15.9 Å². The largest absolute Gasteiger partial charge is 0.501 e. The lowest BCUT2D eigenvalue weighted by molar-refractivity contribution is -0.388. The van der Waals surface area contributed by atoms with Crippen molar-refractivity contribution in [1.29, 1.82) is 0 Å². The second-order valence-corrected chi connectivity index (χ2v) is 4.34. The molecule has 1 aromatic carbocycles. The van der Waals surface area contributed by atoms with E-state index in [1.54, 1.807) is 0 Å². The summed E-state index contributed by atoms with van der Waals surface area (Å²) >= 11 is 3.04. The minimum Gasteiger partial charge on any atom is -0.501 e. The molecule has 0 radical (unpaired) electrons. The first-order chi connectivity index (χ1) is 9.44. The molecule has 0 fully saturated rings. The van der Waals surface area contributed by atoms with Crippen LogP contribution in [0.3, 0.4) is 0 Å². The lowest BCUT2D eigenvalue weighted by atomic mass is 10.1. The van der Waals surface area contributed by atoms with Gasteiger partial charge in [0.25, 0.3) is 0 Å². The molecule has 0 saturated carbocycles. The number of ether oxygens (including phenoxy) is 4. The lowest BCUT2D eigenvalue weighted by Gasteiger charge is -2.20. The average Bonchev–Trinajstić information content (AvgIpc) is 2.42. The topological polar surface area (TPSA) is 100 Å². The molecule has 1 N–H and O–H groups in total. The fourth-order valence-electron chi connectivity index (χ4n) is 1.79. The van der Waals surface area contributed by atoms with Gasteiger partial charge >= 0.3 is 5.69 Å². The number of nitro benzene ring substituents is 1. The normalized spacial score (nSPS) is 10.7. The number of nitrogens with zero attached hydrogens (tertiary/aromatic N) is 1. The Balaban J connectivity index is 3.83. The van der Waals surface area contributed by atoms with Crippen molar-refractivity contribution >= 4 is 21.6 Å². The molecule has 0 aliphatic heterocycles. The van der Waals surface area contributed by atoms with E-state index in [1.165, 1.54) is 28.4 Å². The second kappa shape index (κ2) is 6.73. The first kappa shape index (κ1) is 16.5. The second-order valence-electron chi connectivity index (χ2n) is 3.55. The van der Waals surface area contributed by atoms with Gasteiger partial charge in [0.1, 0.15) is 10.0 Å². The molecule has 1 rings (SSSR count). The summed E-state index contributed by atoms with van der Waals surface area (Å²) in [5.41, 5.74) is -0.650. The van der Waals surface area contributed by atoms with E-state index >= 15 is 0 Å². The molecule has 0 atom stereocenters. The molecule has 0 spiro atoms. The molecule has 1 aromatic rings. The monoisotopic (exact) mass is 351 g/mol. The maximum absolute atomic E-state index is 11.2. The zero-order chi connectivity index (χ0) is 15.4. The number of rotatable bonds is 6. The van der Waals surface area contributed by atoms with Crippen LogP contribution in [-0.4, -0.2) is 38.5 Å². The third-order valence-corrected chi connectivity index (χ3v) is 3.33. The molecule has 9 heteroatoms. The SMILES string of the molecule is COc1c(Br)c(O)c([N+](=O)[O-])c(C(OC)OC)c1OC. The summed E-state index contributed by atoms with van der Waals surface area (Å²) in [6.07, 6.45) is -1.10. The molecular weight excluding hydrogens is 338 g/mol. The van der Waals surface area contributed by atoms with Gasteiger partial charge in [-0.3, -0.25) is 10.1 Å². The molecule has 0 aliphatic carbocycles. The predicted molar refractivity (Wildman–Crippen MR) is 72.3 cm³/mol. The number of halogens is 1. The quantitative estimate of drug-likeness (QED) is 0.477. The smallest absolute Gasteiger partial charge is 0.324 e. The summed E-state index contributed by atoms with van der Waals surface area (Å²) in [4.78, 5) is 10.5. The first-order valence-corrected chi connectivity index (χ1v) is 6.10. The number of phenols is 1. The van der Waals surface area contributed by atoms with Crippen molar-refractivity contribution in [2.75, 3.05) is 28.4 Å². The van der Waals surface area contributed by atoms with Crippen LogP contribution in [0.5, 0.6) is 17.2 Å². The van der Waals surface area contributed by atoms with Crippen LogP contribution in [0.2, 0.25) is 0 Å². The van der Waals surface area contributed by atoms with E-state index in [-0.39, 0.29) is 21.5 Å². The van der Waals surface area contributed by atoms with Crippen molar-refractivity contribution in [3.05, 3.63) is 20.2 Å². The Labute approximate surface area is 123 Å². The van der Waals surface area contributed by atoms with Gasteiger partial charge in [0.2, 0.25) is 5.75 Å². The first-order valence-electron chi connectivity index (χ1n) is 5.30. The molecule has 0 saturated heterocycles. The Hall–Kier alpha value is -1.58. The molecule has 0 aliphatic rings. The van der Waals surface area contributed by atoms with Crippen LogP contribution in [0.25, 0.3) is 0 Å². The third-order valence-electron chi connectivity index (χ3n) is 2.59. The Morgan fingerprint density at radius 1 is 1.15 bits per heavy atom. The summed E-state index contributed by atoms with van der Waals surface area (Å²) in [6, 6.07) is 0. The van der Waals surface area contributed by atoms with E-state index < -0.39 is 22.7 Å². The van der Waals surface area contributed by atoms with E-state index in [9.17, 15) is 15.2 Å². The minimum absolute atomic E-state index is 0.0123. The van der Waals surface area contributed by atoms with E-state index in [1.807, 2.05) is 0 Å². The van der Waals surface area contributed by atoms with E-state index in [2.05, 4.69) is 15.9 Å². The van der Waals surface area contributed by atoms with Gasteiger partial charge in [-0.15, -0.1) is 0 Å². The van der Waals surface area contributed by atoms with Crippen molar-refractivity contribution in [2.45, 2.75) is 6.29 Å². The summed E-state index contributed by atoms with van der Waals surface area (Å²) < 4.78 is 20.3. The third kappa shape index (κ3) is 2.65. The van der Waals surface area contributed by atoms with E-state index in [4.69, 9.17) is 18.9 Å². The zero-order valence-corrected chi connectivity index (χ0v) is 12.9. The molecule has 112 valence electrons. The van der Waals surface area contributed by atoms with Crippen molar-refractivity contribution in [3.8, 4) is 17.2 Å². The van der Waals surface area contributed by atoms with Crippen LogP contribution in [0.15, 0.2) is 4.47 Å². The van der Waals surface area contributed by atoms with Gasteiger partial charge in [0, 0.05) is 14.2 Å². The van der Waals surface area contributed by atoms with Crippen molar-refractivity contribution in [2.24, 2.45) is 0 Å². The number of benzene rings is 1. The fourth-order valence-corrected chi connectivity index (χ4v) is 2.32. The van der Waals surface area contributed by atoms with Gasteiger partial charge in [-0.2, -0.15) is 0 Å². The van der Waals surface area contributed by atoms with Gasteiger partial charge in [-0.25, -0.2) is 0 Å². The Kier molecular flexibility index (Phi) is 5.54. The highest BCUT2D eigenvalue weighted by atomic mass is 79.9. The Bertz CT molecular complexity index is 516. The van der Waals surface area contributed by atoms with Crippen LogP contribution >= 0.6 is 15.9 Å². The molecule has 20 heavy (non-hydrogen) atoms. The van der Waals surface area contributed by atoms with E-state index in [0.29, 0.717) is 0 Å². The molecule has 0 bridgehead atoms. The van der Waals surface area contributed by atoms with Gasteiger partial charge in [0.15, 0.2) is 17.8 Å². The average molecular weight is 352 g/mol. The molecular formula is C11H14BrNO7. The molecule has 0 amide bonds. The number of methoxy groups -OCH3 is 4. The fraction of sp³-hybridized carbons (Fsp3) is 0.455. The van der Waals surface area contributed by atoms with Gasteiger partial charge in [-0.1, -0.05) is 0 Å². The summed E-state index contributed by atoms with van der Waals surface area (Å²) in [5.74, 6) is -0.455. The number of aromatic hydroxyl groups is 1. The standard InChI is InChI=1S/C11H14BrNO7/c1-17-9-5(11(19-3)20-4)7(13(15)16)8(14)6(12)10(9)18-2/h11,14H,1-4H3. The van der Waals surface area contributed by atoms with Gasteiger partial charge in [0.05, 0.1) is 19.1 Å². The molecule has 8 nitrogen and oxygen atoms in total. The van der Waals surface area contributed by atoms with Crippen LogP contribution in [0.1, 0.15) is 11.9 Å². The van der Waals surface area contributed by atoms with Crippen molar-refractivity contribution in [1.82, 2.24) is 0 Å². The minimum atomic E-state index is -1.10. The van der Waals surface area contributed by atoms with Crippen LogP contribution in [-0.2, 0) is 9.47 Å². The summed E-state index contributed by atoms with van der Waals surface area (Å²) in [6.45, 7) is 0. The Morgan fingerprint density at radius 3 is 2.00 bits per heavy atom. The van der Waals surface area contributed by atoms with Crippen molar-refractivity contribution < 1.29 is 29.0 Å². The highest BCUT2D eigenvalue weighted by Crippen LogP contribution is 2.52. The van der Waals surface area contributed by atoms with Crippen LogP contribution < -0.4 is 9.47 Å². The maximum Gasteiger partial charge on any atom is 0.324 e. The molecule has 0 aromatic heterocycles. The Morgan fingerprint density at radius 2 is 1.65 bits per heavy atom. The number of hydrogen-bond donors (Lipinski definition) is 1. The number of phenolic OH excluding ortho intramolecular Hbond substituents is 1. The highest BCUT2D eigenvalue weighted by Gasteiger charge is 2.36. The lowest BCUT2D eigenvalue weighted by Crippen LogP contribution is -2.10. The number of nitro groups is 1. The number of hydrogen-bond acceptors (Lipinski definition) is 7.